The Kier molecular flexibility index (Phi) is 3.09. The second-order valence-electron chi connectivity index (χ2n) is 4.58. The van der Waals surface area contributed by atoms with Crippen molar-refractivity contribution in [1.29, 1.82) is 0 Å². The standard InChI is InChI=1S/C11H15FN2O2S/c1-7-4-9(5-7)14-17(15,16)11-6-8(13)2-3-10(11)12/h2-3,6-7,9,14H,4-5,13H2,1H3. The first-order valence-corrected chi connectivity index (χ1v) is 6.94. The maximum Gasteiger partial charge on any atom is 0.243 e. The van der Waals surface area contributed by atoms with E-state index in [4.69, 9.17) is 5.73 Å². The lowest BCUT2D eigenvalue weighted by Gasteiger charge is -2.32. The van der Waals surface area contributed by atoms with Gasteiger partial charge in [-0.15, -0.1) is 0 Å². The number of hydrogen-bond donors (Lipinski definition) is 2. The Bertz CT molecular complexity index is 524. The first-order valence-electron chi connectivity index (χ1n) is 5.46. The maximum absolute atomic E-state index is 13.4. The molecule has 1 aromatic rings. The van der Waals surface area contributed by atoms with Crippen molar-refractivity contribution in [2.75, 3.05) is 5.73 Å². The highest BCUT2D eigenvalue weighted by molar-refractivity contribution is 7.89. The average molecular weight is 258 g/mol. The molecule has 0 atom stereocenters. The quantitative estimate of drug-likeness (QED) is 0.807. The summed E-state index contributed by atoms with van der Waals surface area (Å²) in [6, 6.07) is 3.45. The molecule has 1 saturated carbocycles. The first kappa shape index (κ1) is 12.3. The van der Waals surface area contributed by atoms with Crippen LogP contribution < -0.4 is 10.5 Å². The second kappa shape index (κ2) is 4.27. The zero-order valence-electron chi connectivity index (χ0n) is 9.48. The minimum atomic E-state index is -3.80. The van der Waals surface area contributed by atoms with E-state index in [9.17, 15) is 12.8 Å². The molecule has 0 aromatic heterocycles. The lowest BCUT2D eigenvalue weighted by molar-refractivity contribution is 0.270. The Morgan fingerprint density at radius 3 is 2.65 bits per heavy atom. The van der Waals surface area contributed by atoms with E-state index in [1.54, 1.807) is 0 Å². The van der Waals surface area contributed by atoms with Crippen LogP contribution in [0.2, 0.25) is 0 Å². The molecule has 94 valence electrons. The Balaban J connectivity index is 2.22. The predicted molar refractivity (Wildman–Crippen MR) is 63.3 cm³/mol. The SMILES string of the molecule is CC1CC(NS(=O)(=O)c2cc(N)ccc2F)C1. The third-order valence-electron chi connectivity index (χ3n) is 2.94. The summed E-state index contributed by atoms with van der Waals surface area (Å²) in [5, 5.41) is 0. The van der Waals surface area contributed by atoms with Crippen LogP contribution in [0.5, 0.6) is 0 Å². The fourth-order valence-corrected chi connectivity index (χ4v) is 3.38. The van der Waals surface area contributed by atoms with Crippen LogP contribution in [0.4, 0.5) is 10.1 Å². The molecule has 1 aromatic carbocycles. The Hall–Kier alpha value is -1.14. The van der Waals surface area contributed by atoms with Gasteiger partial charge in [0.05, 0.1) is 0 Å². The number of nitrogen functional groups attached to an aromatic ring is 1. The van der Waals surface area contributed by atoms with Crippen LogP contribution in [-0.2, 0) is 10.0 Å². The monoisotopic (exact) mass is 258 g/mol. The van der Waals surface area contributed by atoms with Gasteiger partial charge in [0, 0.05) is 11.7 Å². The van der Waals surface area contributed by atoms with Gasteiger partial charge >= 0.3 is 0 Å². The zero-order chi connectivity index (χ0) is 12.6. The van der Waals surface area contributed by atoms with Crippen molar-refractivity contribution in [3.63, 3.8) is 0 Å². The largest absolute Gasteiger partial charge is 0.399 e. The molecular weight excluding hydrogens is 243 g/mol. The molecule has 0 saturated heterocycles. The van der Waals surface area contributed by atoms with E-state index in [1.165, 1.54) is 6.07 Å². The summed E-state index contributed by atoms with van der Waals surface area (Å²) in [6.07, 6.45) is 1.59. The lowest BCUT2D eigenvalue weighted by atomic mass is 9.83. The summed E-state index contributed by atoms with van der Waals surface area (Å²) in [5.74, 6) is -0.257. The molecule has 0 unspecified atom stereocenters. The molecule has 6 heteroatoms. The Labute approximate surface area is 100 Å². The fraction of sp³-hybridized carbons (Fsp3) is 0.455. The topological polar surface area (TPSA) is 72.2 Å². The third kappa shape index (κ3) is 2.58. The number of hydrogen-bond acceptors (Lipinski definition) is 3. The molecule has 0 radical (unpaired) electrons. The van der Waals surface area contributed by atoms with Gasteiger partial charge in [-0.2, -0.15) is 0 Å². The second-order valence-corrected chi connectivity index (χ2v) is 6.27. The minimum Gasteiger partial charge on any atom is -0.399 e. The summed E-state index contributed by atoms with van der Waals surface area (Å²) in [5.41, 5.74) is 5.69. The highest BCUT2D eigenvalue weighted by Gasteiger charge is 2.31. The molecule has 0 heterocycles. The summed E-state index contributed by atoms with van der Waals surface area (Å²) in [4.78, 5) is -0.378. The number of nitrogens with one attached hydrogen (secondary N) is 1. The van der Waals surface area contributed by atoms with E-state index in [2.05, 4.69) is 4.72 Å². The van der Waals surface area contributed by atoms with Gasteiger partial charge in [0.2, 0.25) is 10.0 Å². The van der Waals surface area contributed by atoms with Gasteiger partial charge < -0.3 is 5.73 Å². The van der Waals surface area contributed by atoms with E-state index in [-0.39, 0.29) is 16.6 Å². The molecule has 0 amide bonds. The van der Waals surface area contributed by atoms with Gasteiger partial charge in [-0.3, -0.25) is 0 Å². The molecule has 0 bridgehead atoms. The average Bonchev–Trinajstić information content (AvgIpc) is 2.19. The molecular formula is C11H15FN2O2S. The maximum atomic E-state index is 13.4. The van der Waals surface area contributed by atoms with Crippen LogP contribution in [0.3, 0.4) is 0 Å². The van der Waals surface area contributed by atoms with E-state index < -0.39 is 15.8 Å². The lowest BCUT2D eigenvalue weighted by Crippen LogP contribution is -2.43. The summed E-state index contributed by atoms with van der Waals surface area (Å²) in [6.45, 7) is 2.05. The van der Waals surface area contributed by atoms with E-state index in [0.717, 1.165) is 25.0 Å². The zero-order valence-corrected chi connectivity index (χ0v) is 10.3. The predicted octanol–water partition coefficient (Wildman–Crippen LogP) is 1.48. The van der Waals surface area contributed by atoms with Crippen molar-refractivity contribution in [3.05, 3.63) is 24.0 Å². The number of rotatable bonds is 3. The van der Waals surface area contributed by atoms with E-state index >= 15 is 0 Å². The van der Waals surface area contributed by atoms with E-state index in [0.29, 0.717) is 5.92 Å². The van der Waals surface area contributed by atoms with Crippen molar-refractivity contribution >= 4 is 15.7 Å². The molecule has 0 aliphatic heterocycles. The Morgan fingerprint density at radius 1 is 1.41 bits per heavy atom. The molecule has 0 spiro atoms. The fourth-order valence-electron chi connectivity index (χ4n) is 2.01. The van der Waals surface area contributed by atoms with Gasteiger partial charge in [-0.25, -0.2) is 17.5 Å². The summed E-state index contributed by atoms with van der Waals surface area (Å²) in [7, 11) is -3.80. The van der Waals surface area contributed by atoms with Crippen LogP contribution in [0, 0.1) is 11.7 Å². The number of sulfonamides is 1. The van der Waals surface area contributed by atoms with Crippen LogP contribution in [-0.4, -0.2) is 14.5 Å². The molecule has 3 N–H and O–H groups in total. The normalized spacial score (nSPS) is 24.4. The number of halogens is 1. The van der Waals surface area contributed by atoms with E-state index in [1.807, 2.05) is 6.92 Å². The highest BCUT2D eigenvalue weighted by atomic mass is 32.2. The minimum absolute atomic E-state index is 0.0872. The van der Waals surface area contributed by atoms with Crippen molar-refractivity contribution < 1.29 is 12.8 Å². The van der Waals surface area contributed by atoms with Crippen molar-refractivity contribution in [1.82, 2.24) is 4.72 Å². The molecule has 17 heavy (non-hydrogen) atoms. The van der Waals surface area contributed by atoms with Gasteiger partial charge in [-0.1, -0.05) is 6.92 Å². The molecule has 2 rings (SSSR count). The van der Waals surface area contributed by atoms with Crippen molar-refractivity contribution in [2.24, 2.45) is 5.92 Å². The van der Waals surface area contributed by atoms with Crippen LogP contribution in [0.25, 0.3) is 0 Å². The van der Waals surface area contributed by atoms with Gasteiger partial charge in [0.15, 0.2) is 0 Å². The van der Waals surface area contributed by atoms with Crippen LogP contribution in [0.1, 0.15) is 19.8 Å². The van der Waals surface area contributed by atoms with Gasteiger partial charge in [0.1, 0.15) is 10.7 Å². The van der Waals surface area contributed by atoms with Crippen molar-refractivity contribution in [2.45, 2.75) is 30.7 Å². The highest BCUT2D eigenvalue weighted by Crippen LogP contribution is 2.28. The molecule has 1 aliphatic rings. The molecule has 1 fully saturated rings. The Morgan fingerprint density at radius 2 is 2.06 bits per heavy atom. The smallest absolute Gasteiger partial charge is 0.243 e. The van der Waals surface area contributed by atoms with Crippen LogP contribution >= 0.6 is 0 Å². The van der Waals surface area contributed by atoms with Crippen molar-refractivity contribution in [3.8, 4) is 0 Å². The first-order chi connectivity index (χ1) is 7.88. The van der Waals surface area contributed by atoms with Crippen LogP contribution in [0.15, 0.2) is 23.1 Å². The van der Waals surface area contributed by atoms with Gasteiger partial charge in [0.25, 0.3) is 0 Å². The molecule has 1 aliphatic carbocycles. The number of benzene rings is 1. The molecule has 4 nitrogen and oxygen atoms in total. The number of anilines is 1. The third-order valence-corrected chi connectivity index (χ3v) is 4.48. The summed E-state index contributed by atoms with van der Waals surface area (Å²) < 4.78 is 39.7. The number of nitrogens with two attached hydrogens (primary N) is 1. The van der Waals surface area contributed by atoms with Gasteiger partial charge in [-0.05, 0) is 37.0 Å². The summed E-state index contributed by atoms with van der Waals surface area (Å²) >= 11 is 0.